The van der Waals surface area contributed by atoms with Crippen molar-refractivity contribution >= 4 is 5.69 Å². The number of anilines is 1. The molecule has 2 N–H and O–H groups in total. The summed E-state index contributed by atoms with van der Waals surface area (Å²) in [4.78, 5) is 0. The van der Waals surface area contributed by atoms with E-state index in [4.69, 9.17) is 0 Å². The fourth-order valence-corrected chi connectivity index (χ4v) is 2.75. The molecular formula is C15H20F3NO2. The normalized spacial score (nSPS) is 17.7. The second-order valence-corrected chi connectivity index (χ2v) is 5.50. The van der Waals surface area contributed by atoms with Crippen molar-refractivity contribution in [3.63, 3.8) is 0 Å². The van der Waals surface area contributed by atoms with Gasteiger partial charge in [-0.2, -0.15) is 0 Å². The maximum absolute atomic E-state index is 12.1. The molecule has 0 saturated heterocycles. The number of rotatable bonds is 6. The molecular weight excluding hydrogens is 283 g/mol. The molecule has 118 valence electrons. The highest BCUT2D eigenvalue weighted by molar-refractivity contribution is 5.48. The highest BCUT2D eigenvalue weighted by Crippen LogP contribution is 2.29. The third-order valence-electron chi connectivity index (χ3n) is 3.69. The third kappa shape index (κ3) is 5.83. The van der Waals surface area contributed by atoms with Crippen LogP contribution >= 0.6 is 0 Å². The van der Waals surface area contributed by atoms with Gasteiger partial charge in [0.25, 0.3) is 0 Å². The number of alkyl halides is 3. The Balaban J connectivity index is 1.80. The molecule has 1 saturated carbocycles. The second kappa shape index (κ2) is 7.02. The van der Waals surface area contributed by atoms with Crippen molar-refractivity contribution in [3.05, 3.63) is 24.3 Å². The van der Waals surface area contributed by atoms with Crippen molar-refractivity contribution in [3.8, 4) is 5.75 Å². The Kier molecular flexibility index (Phi) is 5.33. The molecule has 0 radical (unpaired) electrons. The number of benzene rings is 1. The first kappa shape index (κ1) is 15.9. The minimum absolute atomic E-state index is 0.266. The summed E-state index contributed by atoms with van der Waals surface area (Å²) in [6, 6.07) is 5.64. The molecule has 3 nitrogen and oxygen atoms in total. The van der Waals surface area contributed by atoms with E-state index < -0.39 is 12.5 Å². The van der Waals surface area contributed by atoms with Gasteiger partial charge < -0.3 is 15.2 Å². The van der Waals surface area contributed by atoms with Crippen LogP contribution in [0, 0.1) is 5.92 Å². The van der Waals surface area contributed by atoms with Crippen LogP contribution in [-0.2, 0) is 0 Å². The van der Waals surface area contributed by atoms with Crippen molar-refractivity contribution < 1.29 is 23.0 Å². The van der Waals surface area contributed by atoms with E-state index in [-0.39, 0.29) is 5.75 Å². The summed E-state index contributed by atoms with van der Waals surface area (Å²) in [6.45, 7) is 0.325. The van der Waals surface area contributed by atoms with Gasteiger partial charge in [0.15, 0.2) is 0 Å². The molecule has 1 atom stereocenters. The van der Waals surface area contributed by atoms with E-state index in [0.29, 0.717) is 18.2 Å². The minimum Gasteiger partial charge on any atom is -0.406 e. The zero-order valence-electron chi connectivity index (χ0n) is 11.7. The smallest absolute Gasteiger partial charge is 0.406 e. The fourth-order valence-electron chi connectivity index (χ4n) is 2.75. The van der Waals surface area contributed by atoms with Gasteiger partial charge in [-0.1, -0.05) is 31.7 Å². The SMILES string of the molecule is OC(CNc1cccc(OC(F)(F)F)c1)CC1CCCC1. The van der Waals surface area contributed by atoms with Crippen LogP contribution in [0.4, 0.5) is 18.9 Å². The largest absolute Gasteiger partial charge is 0.573 e. The van der Waals surface area contributed by atoms with Crippen LogP contribution in [-0.4, -0.2) is 24.1 Å². The third-order valence-corrected chi connectivity index (χ3v) is 3.69. The van der Waals surface area contributed by atoms with E-state index >= 15 is 0 Å². The van der Waals surface area contributed by atoms with Crippen molar-refractivity contribution in [2.45, 2.75) is 44.6 Å². The van der Waals surface area contributed by atoms with Gasteiger partial charge in [0.1, 0.15) is 5.75 Å². The van der Waals surface area contributed by atoms with Crippen LogP contribution in [0.3, 0.4) is 0 Å². The molecule has 1 aromatic carbocycles. The zero-order chi connectivity index (χ0) is 15.3. The number of aliphatic hydroxyl groups excluding tert-OH is 1. The Morgan fingerprint density at radius 3 is 2.67 bits per heavy atom. The van der Waals surface area contributed by atoms with E-state index in [1.54, 1.807) is 6.07 Å². The fraction of sp³-hybridized carbons (Fsp3) is 0.600. The molecule has 6 heteroatoms. The molecule has 1 fully saturated rings. The lowest BCUT2D eigenvalue weighted by Gasteiger charge is -2.17. The first-order valence-corrected chi connectivity index (χ1v) is 7.20. The summed E-state index contributed by atoms with van der Waals surface area (Å²) in [5.74, 6) is 0.305. The molecule has 0 heterocycles. The minimum atomic E-state index is -4.69. The summed E-state index contributed by atoms with van der Waals surface area (Å²) >= 11 is 0. The maximum atomic E-state index is 12.1. The summed E-state index contributed by atoms with van der Waals surface area (Å²) in [5, 5.41) is 12.9. The highest BCUT2D eigenvalue weighted by atomic mass is 19.4. The highest BCUT2D eigenvalue weighted by Gasteiger charge is 2.31. The van der Waals surface area contributed by atoms with E-state index in [0.717, 1.165) is 19.3 Å². The van der Waals surface area contributed by atoms with E-state index in [2.05, 4.69) is 10.1 Å². The van der Waals surface area contributed by atoms with Gasteiger partial charge in [-0.3, -0.25) is 0 Å². The zero-order valence-corrected chi connectivity index (χ0v) is 11.7. The monoisotopic (exact) mass is 303 g/mol. The van der Waals surface area contributed by atoms with E-state index in [9.17, 15) is 18.3 Å². The summed E-state index contributed by atoms with van der Waals surface area (Å²) in [5.41, 5.74) is 0.502. The number of halogens is 3. The lowest BCUT2D eigenvalue weighted by molar-refractivity contribution is -0.274. The molecule has 0 aliphatic heterocycles. The lowest BCUT2D eigenvalue weighted by Crippen LogP contribution is -2.22. The molecule has 0 bridgehead atoms. The second-order valence-electron chi connectivity index (χ2n) is 5.50. The molecule has 1 aliphatic carbocycles. The van der Waals surface area contributed by atoms with Crippen LogP contribution < -0.4 is 10.1 Å². The number of hydrogen-bond donors (Lipinski definition) is 2. The van der Waals surface area contributed by atoms with Gasteiger partial charge in [0.2, 0.25) is 0 Å². The van der Waals surface area contributed by atoms with Gasteiger partial charge in [-0.05, 0) is 24.5 Å². The average Bonchev–Trinajstić information content (AvgIpc) is 2.87. The van der Waals surface area contributed by atoms with E-state index in [1.165, 1.54) is 31.0 Å². The van der Waals surface area contributed by atoms with Crippen molar-refractivity contribution in [2.75, 3.05) is 11.9 Å². The first-order valence-electron chi connectivity index (χ1n) is 7.20. The van der Waals surface area contributed by atoms with Crippen LogP contribution in [0.15, 0.2) is 24.3 Å². The maximum Gasteiger partial charge on any atom is 0.573 e. The molecule has 2 rings (SSSR count). The van der Waals surface area contributed by atoms with Gasteiger partial charge in [-0.25, -0.2) is 0 Å². The quantitative estimate of drug-likeness (QED) is 0.836. The van der Waals surface area contributed by atoms with Gasteiger partial charge in [0.05, 0.1) is 6.10 Å². The molecule has 0 spiro atoms. The number of nitrogens with one attached hydrogen (secondary N) is 1. The molecule has 21 heavy (non-hydrogen) atoms. The predicted octanol–water partition coefficient (Wildman–Crippen LogP) is 3.94. The molecule has 0 aromatic heterocycles. The summed E-state index contributed by atoms with van der Waals surface area (Å²) in [6.07, 6.45) is 0.327. The van der Waals surface area contributed by atoms with Gasteiger partial charge >= 0.3 is 6.36 Å². The number of aliphatic hydroxyl groups is 1. The van der Waals surface area contributed by atoms with Crippen molar-refractivity contribution in [1.29, 1.82) is 0 Å². The van der Waals surface area contributed by atoms with Gasteiger partial charge in [0, 0.05) is 18.3 Å². The number of ether oxygens (including phenoxy) is 1. The average molecular weight is 303 g/mol. The lowest BCUT2D eigenvalue weighted by atomic mass is 10.00. The van der Waals surface area contributed by atoms with Gasteiger partial charge in [-0.15, -0.1) is 13.2 Å². The Bertz CT molecular complexity index is 445. The topological polar surface area (TPSA) is 41.5 Å². The summed E-state index contributed by atoms with van der Waals surface area (Å²) in [7, 11) is 0. The Labute approximate surface area is 122 Å². The molecule has 1 aliphatic rings. The van der Waals surface area contributed by atoms with Crippen LogP contribution in [0.5, 0.6) is 5.75 Å². The van der Waals surface area contributed by atoms with Crippen molar-refractivity contribution in [2.24, 2.45) is 5.92 Å². The summed E-state index contributed by atoms with van der Waals surface area (Å²) < 4.78 is 40.2. The molecule has 1 aromatic rings. The van der Waals surface area contributed by atoms with Crippen LogP contribution in [0.2, 0.25) is 0 Å². The Morgan fingerprint density at radius 1 is 1.29 bits per heavy atom. The van der Waals surface area contributed by atoms with Crippen molar-refractivity contribution in [1.82, 2.24) is 0 Å². The number of hydrogen-bond acceptors (Lipinski definition) is 3. The Morgan fingerprint density at radius 2 is 2.00 bits per heavy atom. The van der Waals surface area contributed by atoms with Crippen LogP contribution in [0.1, 0.15) is 32.1 Å². The van der Waals surface area contributed by atoms with Crippen LogP contribution in [0.25, 0.3) is 0 Å². The molecule has 0 amide bonds. The first-order chi connectivity index (χ1) is 9.92. The predicted molar refractivity (Wildman–Crippen MR) is 74.2 cm³/mol. The van der Waals surface area contributed by atoms with E-state index in [1.807, 2.05) is 0 Å². The standard InChI is InChI=1S/C15H20F3NO2/c16-15(17,18)21-14-7-3-6-12(9-14)19-10-13(20)8-11-4-1-2-5-11/h3,6-7,9,11,13,19-20H,1-2,4-5,8,10H2. The Hall–Kier alpha value is -1.43. The molecule has 1 unspecified atom stereocenters.